The van der Waals surface area contributed by atoms with Gasteiger partial charge in [0.15, 0.2) is 0 Å². The summed E-state index contributed by atoms with van der Waals surface area (Å²) in [6.07, 6.45) is 1.91. The lowest BCUT2D eigenvalue weighted by atomic mass is 10.0. The molecule has 2 aliphatic rings. The van der Waals surface area contributed by atoms with Crippen molar-refractivity contribution in [2.24, 2.45) is 0 Å². The lowest BCUT2D eigenvalue weighted by Gasteiger charge is -2.28. The minimum absolute atomic E-state index is 0.161. The van der Waals surface area contributed by atoms with Gasteiger partial charge in [-0.25, -0.2) is 17.4 Å². The summed E-state index contributed by atoms with van der Waals surface area (Å²) in [7, 11) is -8.36. The van der Waals surface area contributed by atoms with E-state index in [4.69, 9.17) is 9.02 Å². The van der Waals surface area contributed by atoms with E-state index in [0.29, 0.717) is 18.6 Å². The zero-order valence-corrected chi connectivity index (χ0v) is 17.2. The number of sulfone groups is 1. The molecule has 0 aromatic heterocycles. The molecule has 11 heteroatoms. The minimum atomic E-state index is -4.67. The Labute approximate surface area is 164 Å². The van der Waals surface area contributed by atoms with Crippen molar-refractivity contribution in [2.75, 3.05) is 20.3 Å². The van der Waals surface area contributed by atoms with Gasteiger partial charge in [0.05, 0.1) is 30.7 Å². The Kier molecular flexibility index (Phi) is 6.13. The van der Waals surface area contributed by atoms with Crippen LogP contribution in [0.5, 0.6) is 0 Å². The van der Waals surface area contributed by atoms with Crippen molar-refractivity contribution in [3.05, 3.63) is 29.8 Å². The Hall–Kier alpha value is -1.50. The molecule has 3 atom stereocenters. The number of fused-ring (bicyclic) bond motifs is 3. The van der Waals surface area contributed by atoms with E-state index in [2.05, 4.69) is 4.74 Å². The number of carbonyl (C=O) groups excluding carboxylic acids is 1. The second-order valence-corrected chi connectivity index (χ2v) is 10.2. The predicted molar refractivity (Wildman–Crippen MR) is 101 cm³/mol. The van der Waals surface area contributed by atoms with Crippen molar-refractivity contribution in [3.8, 4) is 0 Å². The van der Waals surface area contributed by atoms with E-state index in [0.717, 1.165) is 20.0 Å². The van der Waals surface area contributed by atoms with E-state index in [1.165, 1.54) is 17.2 Å². The number of esters is 1. The van der Waals surface area contributed by atoms with Gasteiger partial charge in [0.1, 0.15) is 0 Å². The van der Waals surface area contributed by atoms with Crippen LogP contribution < -0.4 is 0 Å². The number of hydrogen-bond acceptors (Lipinski definition) is 8. The van der Waals surface area contributed by atoms with Crippen LogP contribution in [0, 0.1) is 0 Å². The normalized spacial score (nSPS) is 29.5. The fraction of sp³-hybridized carbons (Fsp3) is 0.529. The molecule has 2 aliphatic heterocycles. The van der Waals surface area contributed by atoms with Crippen LogP contribution in [0.2, 0.25) is 0 Å². The van der Waals surface area contributed by atoms with Gasteiger partial charge in [-0.1, -0.05) is 31.5 Å². The largest absolute Gasteiger partial charge is 0.464 e. The number of benzene rings is 1. The van der Waals surface area contributed by atoms with Gasteiger partial charge in [0.25, 0.3) is 4.20 Å². The molecule has 0 aliphatic carbocycles. The van der Waals surface area contributed by atoms with Crippen LogP contribution in [0.15, 0.2) is 29.2 Å². The van der Waals surface area contributed by atoms with Gasteiger partial charge in [-0.05, 0) is 24.5 Å². The number of methoxy groups -OCH3 is 1. The molecular formula is C17H23NO8S2. The Morgan fingerprint density at radius 2 is 2.04 bits per heavy atom. The maximum Gasteiger partial charge on any atom is 0.363 e. The molecule has 2 heterocycles. The van der Waals surface area contributed by atoms with Crippen molar-refractivity contribution in [1.82, 2.24) is 5.06 Å². The van der Waals surface area contributed by atoms with Crippen molar-refractivity contribution >= 4 is 30.1 Å². The molecule has 156 valence electrons. The first-order chi connectivity index (χ1) is 13.2. The number of rotatable bonds is 5. The number of carbonyl (C=O) groups is 1. The van der Waals surface area contributed by atoms with E-state index < -0.39 is 36.1 Å². The molecule has 28 heavy (non-hydrogen) atoms. The number of hydrogen-bond donors (Lipinski definition) is 1. The van der Waals surface area contributed by atoms with Crippen LogP contribution in [0.4, 0.5) is 0 Å². The van der Waals surface area contributed by atoms with Crippen LogP contribution in [-0.4, -0.2) is 58.8 Å². The third-order valence-corrected chi connectivity index (χ3v) is 8.59. The molecule has 0 bridgehead atoms. The van der Waals surface area contributed by atoms with Crippen LogP contribution >= 0.6 is 0 Å². The quantitative estimate of drug-likeness (QED) is 0.416. The molecule has 9 nitrogen and oxygen atoms in total. The summed E-state index contributed by atoms with van der Waals surface area (Å²) in [6, 6.07) is 5.44. The van der Waals surface area contributed by atoms with Crippen molar-refractivity contribution in [1.29, 1.82) is 0 Å². The second kappa shape index (κ2) is 8.09. The monoisotopic (exact) mass is 433 g/mol. The summed E-state index contributed by atoms with van der Waals surface area (Å²) >= 11 is 0. The zero-order valence-electron chi connectivity index (χ0n) is 15.6. The van der Waals surface area contributed by atoms with Gasteiger partial charge in [0.2, 0.25) is 19.9 Å². The number of ether oxygens (including phenoxy) is 2. The third kappa shape index (κ3) is 3.82. The molecule has 1 aromatic carbocycles. The Balaban J connectivity index is 2.14. The summed E-state index contributed by atoms with van der Waals surface area (Å²) in [5, 5.41) is 1.23. The summed E-state index contributed by atoms with van der Waals surface area (Å²) in [4.78, 5) is 11.9. The van der Waals surface area contributed by atoms with E-state index in [1.54, 1.807) is 12.1 Å². The van der Waals surface area contributed by atoms with Crippen LogP contribution in [0.3, 0.4) is 0 Å². The topological polar surface area (TPSA) is 119 Å². The minimum Gasteiger partial charge on any atom is -0.464 e. The summed E-state index contributed by atoms with van der Waals surface area (Å²) in [6.45, 7) is 2.72. The fourth-order valence-electron chi connectivity index (χ4n) is 3.35. The zero-order chi connectivity index (χ0) is 20.5. The van der Waals surface area contributed by atoms with Crippen molar-refractivity contribution < 1.29 is 35.7 Å². The van der Waals surface area contributed by atoms with E-state index in [-0.39, 0.29) is 17.5 Å². The third-order valence-electron chi connectivity index (χ3n) is 4.66. The van der Waals surface area contributed by atoms with Gasteiger partial charge < -0.3 is 9.47 Å². The highest BCUT2D eigenvalue weighted by Crippen LogP contribution is 2.39. The van der Waals surface area contributed by atoms with Crippen molar-refractivity contribution in [3.63, 3.8) is 0 Å². The van der Waals surface area contributed by atoms with Gasteiger partial charge in [0, 0.05) is 6.61 Å². The van der Waals surface area contributed by atoms with Crippen molar-refractivity contribution in [2.45, 2.75) is 43.2 Å². The maximum absolute atomic E-state index is 13.1. The molecule has 1 aromatic rings. The molecule has 1 N–H and O–H groups in total. The van der Waals surface area contributed by atoms with E-state index >= 15 is 0 Å². The van der Waals surface area contributed by atoms with E-state index in [9.17, 15) is 22.0 Å². The van der Waals surface area contributed by atoms with Gasteiger partial charge in [-0.15, -0.1) is 0 Å². The first kappa shape index (κ1) is 21.2. The van der Waals surface area contributed by atoms with E-state index in [1.807, 2.05) is 6.92 Å². The number of hydroxylamine groups is 2. The molecule has 0 amide bonds. The first-order valence-corrected chi connectivity index (χ1v) is 11.8. The van der Waals surface area contributed by atoms with Crippen LogP contribution in [-0.2, 0) is 38.5 Å². The number of nitrogens with zero attached hydrogens (tertiary/aromatic N) is 1. The molecule has 0 radical (unpaired) electrons. The molecule has 1 saturated heterocycles. The predicted octanol–water partition coefficient (Wildman–Crippen LogP) is 1.31. The molecule has 1 unspecified atom stereocenters. The lowest BCUT2D eigenvalue weighted by molar-refractivity contribution is -0.132. The highest BCUT2D eigenvalue weighted by atomic mass is 32.3. The molecular weight excluding hydrogens is 410 g/mol. The highest BCUT2D eigenvalue weighted by molar-refractivity contribution is 8.22. The number of unbranched alkanes of at least 4 members (excludes halogenated alkanes) is 1. The molecule has 0 spiro atoms. The van der Waals surface area contributed by atoms with Gasteiger partial charge in [-0.3, -0.25) is 4.55 Å². The average Bonchev–Trinajstić information content (AvgIpc) is 3.02. The summed E-state index contributed by atoms with van der Waals surface area (Å²) < 4.78 is 63.4. The van der Waals surface area contributed by atoms with Crippen LogP contribution in [0.25, 0.3) is 0 Å². The van der Waals surface area contributed by atoms with Crippen LogP contribution in [0.1, 0.15) is 37.8 Å². The SMILES string of the molecule is CCCCO[C@@H]1C[C@@H]2c3ccccc3S(=O)(=O)C(C(=O)OC)=S(=O)(O)ON2C1. The summed E-state index contributed by atoms with van der Waals surface area (Å²) in [5.74, 6) is -1.43. The smallest absolute Gasteiger partial charge is 0.363 e. The molecule has 0 saturated carbocycles. The maximum atomic E-state index is 13.1. The Morgan fingerprint density at radius 1 is 1.32 bits per heavy atom. The first-order valence-electron chi connectivity index (χ1n) is 8.86. The molecule has 3 rings (SSSR count). The standard InChI is InChI=1S/C17H23NO8S2/c1-3-4-9-25-12-10-14-13-7-5-6-8-15(13)27(20,21)17(16(19)24-2)28(22,23)26-18(14)11-12/h5-8,12,14H,3-4,9-11H2,1-2H3,(H,22,23)/t12-,14-/m1/s1. The van der Waals surface area contributed by atoms with Gasteiger partial charge in [-0.2, -0.15) is 9.35 Å². The Morgan fingerprint density at radius 3 is 2.71 bits per heavy atom. The van der Waals surface area contributed by atoms with Gasteiger partial charge >= 0.3 is 5.97 Å². The molecule has 1 fully saturated rings. The highest BCUT2D eigenvalue weighted by Gasteiger charge is 2.46. The summed E-state index contributed by atoms with van der Waals surface area (Å²) in [5.41, 5.74) is 0.375. The lowest BCUT2D eigenvalue weighted by Crippen LogP contribution is -2.40. The fourth-order valence-corrected chi connectivity index (χ4v) is 6.88. The Bertz CT molecular complexity index is 981. The average molecular weight is 434 g/mol. The second-order valence-electron chi connectivity index (χ2n) is 6.57.